The molecule has 0 atom stereocenters. The zero-order valence-electron chi connectivity index (χ0n) is 18.0. The number of benzene rings is 3. The Balaban J connectivity index is 1.55. The van der Waals surface area contributed by atoms with Crippen molar-refractivity contribution in [2.75, 3.05) is 10.2 Å². The molecule has 0 aliphatic rings. The molecule has 3 aromatic carbocycles. The predicted molar refractivity (Wildman–Crippen MR) is 134 cm³/mol. The van der Waals surface area contributed by atoms with Gasteiger partial charge in [0.25, 0.3) is 0 Å². The number of nitrogens with one attached hydrogen (secondary N) is 1. The summed E-state index contributed by atoms with van der Waals surface area (Å²) in [5.41, 5.74) is 2.68. The lowest BCUT2D eigenvalue weighted by atomic mass is 10.1. The molecule has 0 spiro atoms. The molecular weight excluding hydrogens is 448 g/mol. The van der Waals surface area contributed by atoms with E-state index < -0.39 is 4.92 Å². The Morgan fingerprint density at radius 2 is 1.47 bits per heavy atom. The van der Waals surface area contributed by atoms with Crippen LogP contribution in [-0.2, 0) is 13.1 Å². The van der Waals surface area contributed by atoms with Gasteiger partial charge in [-0.15, -0.1) is 0 Å². The van der Waals surface area contributed by atoms with Crippen LogP contribution < -0.4 is 10.2 Å². The predicted octanol–water partition coefficient (Wildman–Crippen LogP) is 5.94. The fourth-order valence-electron chi connectivity index (χ4n) is 3.70. The average molecular weight is 469 g/mol. The van der Waals surface area contributed by atoms with Crippen molar-refractivity contribution in [2.45, 2.75) is 13.1 Å². The van der Waals surface area contributed by atoms with E-state index in [-0.39, 0.29) is 17.3 Å². The van der Waals surface area contributed by atoms with E-state index in [0.717, 1.165) is 21.3 Å². The monoisotopic (exact) mass is 468 g/mol. The Morgan fingerprint density at radius 1 is 0.853 bits per heavy atom. The van der Waals surface area contributed by atoms with Crippen LogP contribution in [0.5, 0.6) is 0 Å². The molecule has 0 aliphatic heterocycles. The van der Waals surface area contributed by atoms with E-state index in [1.54, 1.807) is 0 Å². The molecule has 0 bridgehead atoms. The molecule has 9 heteroatoms. The number of fused-ring (bicyclic) bond motifs is 1. The van der Waals surface area contributed by atoms with Gasteiger partial charge in [-0.3, -0.25) is 10.1 Å². The SMILES string of the molecule is O=[N+]([O-])c1c(Nc2nc3ccccc3s2)ncnc1N(Cc1ccccc1)Cc1ccccc1. The smallest absolute Gasteiger partial charge is 0.342 e. The minimum Gasteiger partial charge on any atom is -0.342 e. The number of thiazole rings is 1. The van der Waals surface area contributed by atoms with Gasteiger partial charge in [0.2, 0.25) is 11.6 Å². The first-order chi connectivity index (χ1) is 16.7. The van der Waals surface area contributed by atoms with Crippen LogP contribution in [0.15, 0.2) is 91.3 Å². The summed E-state index contributed by atoms with van der Waals surface area (Å²) in [6.07, 6.45) is 1.35. The maximum atomic E-state index is 12.3. The van der Waals surface area contributed by atoms with Gasteiger partial charge in [0.15, 0.2) is 5.13 Å². The number of nitro groups is 1. The van der Waals surface area contributed by atoms with E-state index in [1.165, 1.54) is 17.7 Å². The quantitative estimate of drug-likeness (QED) is 0.222. The third kappa shape index (κ3) is 4.69. The highest BCUT2D eigenvalue weighted by Crippen LogP contribution is 2.36. The zero-order chi connectivity index (χ0) is 23.3. The Morgan fingerprint density at radius 3 is 2.09 bits per heavy atom. The summed E-state index contributed by atoms with van der Waals surface area (Å²) >= 11 is 1.41. The minimum absolute atomic E-state index is 0.111. The van der Waals surface area contributed by atoms with Crippen molar-refractivity contribution in [3.63, 3.8) is 0 Å². The van der Waals surface area contributed by atoms with E-state index in [4.69, 9.17) is 0 Å². The molecule has 2 aromatic heterocycles. The van der Waals surface area contributed by atoms with Crippen molar-refractivity contribution >= 4 is 44.0 Å². The fourth-order valence-corrected chi connectivity index (χ4v) is 4.57. The first-order valence-electron chi connectivity index (χ1n) is 10.6. The number of rotatable bonds is 8. The van der Waals surface area contributed by atoms with Gasteiger partial charge in [0, 0.05) is 13.1 Å². The van der Waals surface area contributed by atoms with E-state index >= 15 is 0 Å². The molecule has 8 nitrogen and oxygen atoms in total. The normalized spacial score (nSPS) is 10.8. The molecule has 5 aromatic rings. The zero-order valence-corrected chi connectivity index (χ0v) is 18.9. The van der Waals surface area contributed by atoms with Gasteiger partial charge in [-0.1, -0.05) is 84.1 Å². The van der Waals surface area contributed by atoms with Crippen molar-refractivity contribution in [2.24, 2.45) is 0 Å². The number of nitrogens with zero attached hydrogens (tertiary/aromatic N) is 5. The number of anilines is 3. The second kappa shape index (κ2) is 9.63. The number of aromatic nitrogens is 3. The van der Waals surface area contributed by atoms with Crippen molar-refractivity contribution in [1.82, 2.24) is 15.0 Å². The molecular formula is C25H20N6O2S. The van der Waals surface area contributed by atoms with Crippen molar-refractivity contribution in [3.05, 3.63) is 112 Å². The molecule has 0 saturated heterocycles. The summed E-state index contributed by atoms with van der Waals surface area (Å²) in [4.78, 5) is 26.8. The van der Waals surface area contributed by atoms with Crippen LogP contribution in [0.4, 0.5) is 22.5 Å². The maximum Gasteiger partial charge on any atom is 0.353 e. The molecule has 2 heterocycles. The van der Waals surface area contributed by atoms with Crippen LogP contribution in [0, 0.1) is 10.1 Å². The molecule has 0 radical (unpaired) electrons. The molecule has 5 rings (SSSR count). The summed E-state index contributed by atoms with van der Waals surface area (Å²) in [6, 6.07) is 27.3. The summed E-state index contributed by atoms with van der Waals surface area (Å²) in [5, 5.41) is 15.8. The molecule has 0 saturated carbocycles. The van der Waals surface area contributed by atoms with Gasteiger partial charge in [-0.2, -0.15) is 0 Å². The summed E-state index contributed by atoms with van der Waals surface area (Å²) in [6.45, 7) is 0.905. The largest absolute Gasteiger partial charge is 0.353 e. The molecule has 168 valence electrons. The highest BCUT2D eigenvalue weighted by molar-refractivity contribution is 7.22. The molecule has 1 N–H and O–H groups in total. The van der Waals surface area contributed by atoms with Gasteiger partial charge >= 0.3 is 5.69 Å². The van der Waals surface area contributed by atoms with Gasteiger partial charge in [0.1, 0.15) is 6.33 Å². The lowest BCUT2D eigenvalue weighted by molar-refractivity contribution is -0.383. The number of hydrogen-bond donors (Lipinski definition) is 1. The van der Waals surface area contributed by atoms with Crippen LogP contribution in [-0.4, -0.2) is 19.9 Å². The number of hydrogen-bond acceptors (Lipinski definition) is 8. The second-order valence-electron chi connectivity index (χ2n) is 7.59. The van der Waals surface area contributed by atoms with Gasteiger partial charge in [0.05, 0.1) is 15.1 Å². The standard InChI is InChI=1S/C25H20N6O2S/c32-31(33)22-23(29-25-28-20-13-7-8-14-21(20)34-25)26-17-27-24(22)30(15-18-9-3-1-4-10-18)16-19-11-5-2-6-12-19/h1-14,17H,15-16H2,(H,26,27,28,29). The van der Waals surface area contributed by atoms with Crippen molar-refractivity contribution in [3.8, 4) is 0 Å². The lowest BCUT2D eigenvalue weighted by Crippen LogP contribution is -2.24. The van der Waals surface area contributed by atoms with Crippen molar-refractivity contribution < 1.29 is 4.92 Å². The Kier molecular flexibility index (Phi) is 6.09. The Hall–Kier alpha value is -4.37. The molecule has 0 aliphatic carbocycles. The summed E-state index contributed by atoms with van der Waals surface area (Å²) < 4.78 is 0.983. The molecule has 0 amide bonds. The highest BCUT2D eigenvalue weighted by Gasteiger charge is 2.28. The minimum atomic E-state index is -0.437. The van der Waals surface area contributed by atoms with E-state index in [0.29, 0.717) is 18.2 Å². The second-order valence-corrected chi connectivity index (χ2v) is 8.62. The first kappa shape index (κ1) is 21.5. The number of para-hydroxylation sites is 1. The van der Waals surface area contributed by atoms with Gasteiger partial charge in [-0.25, -0.2) is 15.0 Å². The summed E-state index contributed by atoms with van der Waals surface area (Å²) in [7, 11) is 0. The van der Waals surface area contributed by atoms with E-state index in [1.807, 2.05) is 89.8 Å². The summed E-state index contributed by atoms with van der Waals surface area (Å²) in [5.74, 6) is 0.358. The third-order valence-corrected chi connectivity index (χ3v) is 6.19. The Bertz CT molecular complexity index is 1350. The van der Waals surface area contributed by atoms with Gasteiger partial charge < -0.3 is 10.2 Å². The van der Waals surface area contributed by atoms with E-state index in [2.05, 4.69) is 20.3 Å². The molecule has 34 heavy (non-hydrogen) atoms. The van der Waals surface area contributed by atoms with Crippen LogP contribution in [0.2, 0.25) is 0 Å². The van der Waals surface area contributed by atoms with Crippen LogP contribution >= 0.6 is 11.3 Å². The van der Waals surface area contributed by atoms with Crippen molar-refractivity contribution in [1.29, 1.82) is 0 Å². The maximum absolute atomic E-state index is 12.3. The van der Waals surface area contributed by atoms with Crippen LogP contribution in [0.3, 0.4) is 0 Å². The molecule has 0 fully saturated rings. The topological polar surface area (TPSA) is 97.1 Å². The van der Waals surface area contributed by atoms with Crippen LogP contribution in [0.1, 0.15) is 11.1 Å². The third-order valence-electron chi connectivity index (χ3n) is 5.24. The van der Waals surface area contributed by atoms with Gasteiger partial charge in [-0.05, 0) is 23.3 Å². The molecule has 0 unspecified atom stereocenters. The van der Waals surface area contributed by atoms with E-state index in [9.17, 15) is 10.1 Å². The Labute approximate surface area is 199 Å². The first-order valence-corrected chi connectivity index (χ1v) is 11.4. The average Bonchev–Trinajstić information content (AvgIpc) is 3.27. The lowest BCUT2D eigenvalue weighted by Gasteiger charge is -2.24. The highest BCUT2D eigenvalue weighted by atomic mass is 32.1. The fraction of sp³-hybridized carbons (Fsp3) is 0.0800. The van der Waals surface area contributed by atoms with Crippen LogP contribution in [0.25, 0.3) is 10.2 Å².